The van der Waals surface area contributed by atoms with Gasteiger partial charge in [-0.1, -0.05) is 76.9 Å². The Hall–Kier alpha value is -0.877. The monoisotopic (exact) mass is 542 g/mol. The number of hydrogen-bond acceptors (Lipinski definition) is 0. The average Bonchev–Trinajstić information content (AvgIpc) is 3.15. The van der Waals surface area contributed by atoms with Crippen molar-refractivity contribution >= 4 is 24.8 Å². The zero-order chi connectivity index (χ0) is 21.9. The molecule has 0 heterocycles. The zero-order valence-corrected chi connectivity index (χ0v) is 24.1. The predicted molar refractivity (Wildman–Crippen MR) is 130 cm³/mol. The summed E-state index contributed by atoms with van der Waals surface area (Å²) in [5, 5.41) is 5.48. The van der Waals surface area contributed by atoms with E-state index in [1.165, 1.54) is 45.5 Å². The second-order valence-electron chi connectivity index (χ2n) is 10.4. The quantitative estimate of drug-likeness (QED) is 0.381. The van der Waals surface area contributed by atoms with Crippen LogP contribution in [0.4, 0.5) is 0 Å². The van der Waals surface area contributed by atoms with Crippen LogP contribution in [0, 0.1) is 6.08 Å². The summed E-state index contributed by atoms with van der Waals surface area (Å²) >= 11 is 1.66. The van der Waals surface area contributed by atoms with Crippen molar-refractivity contribution in [3.63, 3.8) is 0 Å². The molecular formula is C29H34Cl2Zr-2. The Bertz CT molecular complexity index is 1020. The number of halogens is 2. The maximum absolute atomic E-state index is 2.99. The molecule has 0 atom stereocenters. The third-order valence-electron chi connectivity index (χ3n) is 5.52. The second kappa shape index (κ2) is 12.0. The number of hydrogen-bond donors (Lipinski definition) is 0. The summed E-state index contributed by atoms with van der Waals surface area (Å²) in [4.78, 5) is 0. The Morgan fingerprint density at radius 2 is 1.22 bits per heavy atom. The van der Waals surface area contributed by atoms with E-state index in [4.69, 9.17) is 0 Å². The van der Waals surface area contributed by atoms with E-state index in [2.05, 4.69) is 96.2 Å². The molecule has 0 saturated heterocycles. The van der Waals surface area contributed by atoms with Crippen molar-refractivity contribution in [2.24, 2.45) is 0 Å². The van der Waals surface area contributed by atoms with E-state index in [9.17, 15) is 0 Å². The van der Waals surface area contributed by atoms with Crippen LogP contribution in [0.5, 0.6) is 0 Å². The zero-order valence-electron chi connectivity index (χ0n) is 20.2. The van der Waals surface area contributed by atoms with Crippen LogP contribution in [-0.4, -0.2) is 3.21 Å². The van der Waals surface area contributed by atoms with Crippen LogP contribution >= 0.6 is 0 Å². The average molecular weight is 545 g/mol. The van der Waals surface area contributed by atoms with E-state index in [0.29, 0.717) is 0 Å². The van der Waals surface area contributed by atoms with E-state index in [0.717, 1.165) is 6.42 Å². The molecule has 0 N–H and O–H groups in total. The topological polar surface area (TPSA) is 0 Å². The van der Waals surface area contributed by atoms with Crippen LogP contribution in [0.25, 0.3) is 21.5 Å². The van der Waals surface area contributed by atoms with E-state index >= 15 is 0 Å². The number of allylic oxidation sites excluding steroid dienone is 4. The summed E-state index contributed by atoms with van der Waals surface area (Å²) < 4.78 is 1.76. The first-order chi connectivity index (χ1) is 14.1. The Morgan fingerprint density at radius 3 is 1.47 bits per heavy atom. The van der Waals surface area contributed by atoms with Gasteiger partial charge in [0.2, 0.25) is 0 Å². The maximum atomic E-state index is 2.99. The molecule has 3 aromatic carbocycles. The molecule has 0 radical (unpaired) electrons. The van der Waals surface area contributed by atoms with Gasteiger partial charge in [-0.15, -0.1) is 46.2 Å². The van der Waals surface area contributed by atoms with Crippen LogP contribution in [0.15, 0.2) is 60.7 Å². The molecule has 0 amide bonds. The molecule has 32 heavy (non-hydrogen) atoms. The molecule has 0 unspecified atom stereocenters. The van der Waals surface area contributed by atoms with Gasteiger partial charge in [-0.2, -0.15) is 6.08 Å². The van der Waals surface area contributed by atoms with E-state index in [1.807, 2.05) is 12.2 Å². The van der Waals surface area contributed by atoms with Crippen molar-refractivity contribution < 1.29 is 49.0 Å². The number of benzene rings is 2. The van der Waals surface area contributed by atoms with Gasteiger partial charge in [0.15, 0.2) is 0 Å². The molecule has 0 spiro atoms. The molecule has 0 aliphatic heterocycles. The Labute approximate surface area is 222 Å². The van der Waals surface area contributed by atoms with Crippen molar-refractivity contribution in [2.75, 3.05) is 0 Å². The van der Waals surface area contributed by atoms with Gasteiger partial charge in [-0.3, -0.25) is 6.08 Å². The molecule has 5 rings (SSSR count). The summed E-state index contributed by atoms with van der Waals surface area (Å²) in [5.74, 6) is 0. The fourth-order valence-corrected chi connectivity index (χ4v) is 3.67. The van der Waals surface area contributed by atoms with E-state index in [1.54, 1.807) is 27.4 Å². The Kier molecular flexibility index (Phi) is 10.9. The molecule has 1 fully saturated rings. The SMILES string of the molecule is CC(C)(C)c1ccc2c(c1)[cH-]c1cc(C(C)(C)C)ccc12.[C-]1=CC=CC1.[Cl-].[Cl-].[Zr+2]=[C]1CC1. The summed E-state index contributed by atoms with van der Waals surface area (Å²) in [6, 6.07) is 16.2. The van der Waals surface area contributed by atoms with Crippen LogP contribution in [0.1, 0.15) is 71.9 Å². The van der Waals surface area contributed by atoms with E-state index < -0.39 is 0 Å². The molecule has 170 valence electrons. The molecule has 2 aliphatic carbocycles. The van der Waals surface area contributed by atoms with Crippen molar-refractivity contribution in [1.82, 2.24) is 0 Å². The first-order valence-corrected chi connectivity index (χ1v) is 12.2. The fraction of sp³-hybridized carbons (Fsp3) is 0.379. The molecule has 3 heteroatoms. The van der Waals surface area contributed by atoms with Gasteiger partial charge in [0.1, 0.15) is 0 Å². The minimum absolute atomic E-state index is 0. The van der Waals surface area contributed by atoms with Gasteiger partial charge in [0.25, 0.3) is 0 Å². The van der Waals surface area contributed by atoms with Gasteiger partial charge < -0.3 is 24.8 Å². The van der Waals surface area contributed by atoms with Crippen LogP contribution in [-0.2, 0) is 35.1 Å². The molecular weight excluding hydrogens is 510 g/mol. The predicted octanol–water partition coefficient (Wildman–Crippen LogP) is 2.12. The third kappa shape index (κ3) is 8.16. The fourth-order valence-electron chi connectivity index (χ4n) is 3.36. The normalized spacial score (nSPS) is 14.2. The van der Waals surface area contributed by atoms with E-state index in [-0.39, 0.29) is 35.6 Å². The summed E-state index contributed by atoms with van der Waals surface area (Å²) in [7, 11) is 0. The summed E-state index contributed by atoms with van der Waals surface area (Å²) in [6.45, 7) is 13.6. The van der Waals surface area contributed by atoms with Gasteiger partial charge >= 0.3 is 40.3 Å². The van der Waals surface area contributed by atoms with Gasteiger partial charge in [-0.25, -0.2) is 12.2 Å². The van der Waals surface area contributed by atoms with Crippen molar-refractivity contribution in [2.45, 2.75) is 71.6 Å². The first-order valence-electron chi connectivity index (χ1n) is 11.0. The summed E-state index contributed by atoms with van der Waals surface area (Å²) in [5.41, 5.74) is 3.21. The Balaban J connectivity index is 0.000000387. The Morgan fingerprint density at radius 1 is 0.781 bits per heavy atom. The molecule has 1 saturated carbocycles. The molecule has 2 aliphatic rings. The van der Waals surface area contributed by atoms with Crippen LogP contribution in [0.2, 0.25) is 0 Å². The first kappa shape index (κ1) is 29.2. The molecule has 0 nitrogen and oxygen atoms in total. The standard InChI is InChI=1S/C21H25.C5H5.C3H4.2ClH.Zr/c1-20(2,3)16-7-9-18-14(12-16)11-15-13-17(21(4,5)6)8-10-19(15)18;1-2-4-5-3-1;1-2-3-1;;;/h7-13H,1-6H3;1-3H,4H2;1-2H2;2*1H;/q2*-1;;;;+2/p-2. The molecule has 0 bridgehead atoms. The third-order valence-corrected chi connectivity index (χ3v) is 6.75. The van der Waals surface area contributed by atoms with Crippen molar-refractivity contribution in [1.29, 1.82) is 0 Å². The van der Waals surface area contributed by atoms with Gasteiger partial charge in [-0.05, 0) is 10.8 Å². The molecule has 0 aromatic heterocycles. The van der Waals surface area contributed by atoms with Gasteiger partial charge in [0, 0.05) is 0 Å². The number of fused-ring (bicyclic) bond motifs is 3. The molecule has 3 aromatic rings. The van der Waals surface area contributed by atoms with Crippen LogP contribution < -0.4 is 24.8 Å². The summed E-state index contributed by atoms with van der Waals surface area (Å²) in [6.07, 6.45) is 12.9. The number of rotatable bonds is 0. The second-order valence-corrected chi connectivity index (χ2v) is 12.1. The van der Waals surface area contributed by atoms with Crippen LogP contribution in [0.3, 0.4) is 0 Å². The van der Waals surface area contributed by atoms with Crippen molar-refractivity contribution in [3.05, 3.63) is 77.9 Å². The van der Waals surface area contributed by atoms with Crippen molar-refractivity contribution in [3.8, 4) is 0 Å². The minimum atomic E-state index is 0. The van der Waals surface area contributed by atoms with Gasteiger partial charge in [0.05, 0.1) is 0 Å².